The number of benzene rings is 3. The van der Waals surface area contributed by atoms with Gasteiger partial charge in [-0.2, -0.15) is 0 Å². The molecule has 4 bridgehead atoms. The number of fused-ring (bicyclic) bond motifs is 2. The highest BCUT2D eigenvalue weighted by Crippen LogP contribution is 2.51. The maximum absolute atomic E-state index is 13.1. The topological polar surface area (TPSA) is 36.0 Å². The van der Waals surface area contributed by atoms with Crippen molar-refractivity contribution in [2.45, 2.75) is 75.3 Å². The molecule has 5 nitrogen and oxygen atoms in total. The van der Waals surface area contributed by atoms with Crippen molar-refractivity contribution in [3.63, 3.8) is 0 Å². The average Bonchev–Trinajstić information content (AvgIpc) is 3.53. The summed E-state index contributed by atoms with van der Waals surface area (Å²) < 4.78 is 5.67. The van der Waals surface area contributed by atoms with Crippen LogP contribution in [0.5, 0.6) is 5.75 Å². The van der Waals surface area contributed by atoms with E-state index in [1.54, 1.807) is 7.11 Å². The van der Waals surface area contributed by atoms with Crippen LogP contribution in [0.4, 0.5) is 0 Å². The Hall–Kier alpha value is -3.15. The van der Waals surface area contributed by atoms with E-state index in [0.29, 0.717) is 24.2 Å². The van der Waals surface area contributed by atoms with Crippen molar-refractivity contribution in [2.75, 3.05) is 20.2 Å². The minimum Gasteiger partial charge on any atom is -0.497 e. The standard InChI is InChI=1S/C34H39N3O2/c1-39-28-11-7-10-27(22-28)33(25-12-14-26(15-13-25)34(38)35-20-5-6-21-35)37-31-18-16-29-32(37)19-17-30(31)36(29)23-24-8-3-2-4-9-24/h2-4,7-15,22,29-33H,5-6,16-21,23H2,1H3/t29?,30?,31-,32?,33?/m0/s1. The van der Waals surface area contributed by atoms with Crippen LogP contribution < -0.4 is 4.74 Å². The predicted molar refractivity (Wildman–Crippen MR) is 154 cm³/mol. The van der Waals surface area contributed by atoms with Gasteiger partial charge in [-0.05, 0) is 79.5 Å². The van der Waals surface area contributed by atoms with Crippen molar-refractivity contribution < 1.29 is 9.53 Å². The number of piperidine rings is 4. The van der Waals surface area contributed by atoms with E-state index in [2.05, 4.69) is 82.6 Å². The van der Waals surface area contributed by atoms with Gasteiger partial charge >= 0.3 is 0 Å². The van der Waals surface area contributed by atoms with Crippen molar-refractivity contribution in [1.82, 2.24) is 14.7 Å². The third-order valence-electron chi connectivity index (χ3n) is 9.80. The summed E-state index contributed by atoms with van der Waals surface area (Å²) in [5.74, 6) is 1.07. The molecule has 39 heavy (non-hydrogen) atoms. The third-order valence-corrected chi connectivity index (χ3v) is 9.80. The zero-order chi connectivity index (χ0) is 26.3. The van der Waals surface area contributed by atoms with Gasteiger partial charge in [0.25, 0.3) is 5.91 Å². The monoisotopic (exact) mass is 521 g/mol. The molecule has 4 unspecified atom stereocenters. The largest absolute Gasteiger partial charge is 0.497 e. The Morgan fingerprint density at radius 3 is 2.13 bits per heavy atom. The van der Waals surface area contributed by atoms with Gasteiger partial charge in [-0.15, -0.1) is 0 Å². The van der Waals surface area contributed by atoms with Crippen LogP contribution in [0, 0.1) is 0 Å². The van der Waals surface area contributed by atoms with Gasteiger partial charge in [0.05, 0.1) is 13.2 Å². The SMILES string of the molecule is COc1cccc(C(c2ccc(C(=O)N3CCCC3)cc2)N2C3CCC4[C@@H]2CCC3N4Cc2ccccc2)c1. The maximum atomic E-state index is 13.1. The lowest BCUT2D eigenvalue weighted by Crippen LogP contribution is -2.75. The van der Waals surface area contributed by atoms with Gasteiger partial charge in [-0.25, -0.2) is 0 Å². The van der Waals surface area contributed by atoms with Gasteiger partial charge in [-0.3, -0.25) is 14.6 Å². The normalized spacial score (nSPS) is 27.2. The van der Waals surface area contributed by atoms with Crippen LogP contribution in [-0.2, 0) is 6.54 Å². The lowest BCUT2D eigenvalue weighted by Gasteiger charge is -2.66. The summed E-state index contributed by atoms with van der Waals surface area (Å²) in [6, 6.07) is 30.5. The number of piperazine rings is 1. The van der Waals surface area contributed by atoms with Crippen LogP contribution in [0.25, 0.3) is 0 Å². The fourth-order valence-electron chi connectivity index (χ4n) is 8.08. The second kappa shape index (κ2) is 10.4. The number of hydrogen-bond donors (Lipinski definition) is 0. The number of rotatable bonds is 7. The van der Waals surface area contributed by atoms with E-state index in [9.17, 15) is 4.79 Å². The zero-order valence-electron chi connectivity index (χ0n) is 22.9. The molecule has 1 amide bonds. The Morgan fingerprint density at radius 1 is 0.795 bits per heavy atom. The van der Waals surface area contributed by atoms with Gasteiger partial charge in [0, 0.05) is 49.4 Å². The summed E-state index contributed by atoms with van der Waals surface area (Å²) >= 11 is 0. The summed E-state index contributed by atoms with van der Waals surface area (Å²) in [5.41, 5.74) is 4.78. The second-order valence-electron chi connectivity index (χ2n) is 11.8. The molecule has 0 N–H and O–H groups in total. The van der Waals surface area contributed by atoms with Gasteiger partial charge in [-0.1, -0.05) is 54.6 Å². The van der Waals surface area contributed by atoms with Crippen molar-refractivity contribution in [3.8, 4) is 5.75 Å². The molecule has 0 saturated carbocycles. The molecule has 5 atom stereocenters. The van der Waals surface area contributed by atoms with Crippen molar-refractivity contribution in [2.24, 2.45) is 0 Å². The Balaban J connectivity index is 1.23. The molecule has 3 aromatic rings. The fraction of sp³-hybridized carbons (Fsp3) is 0.441. The number of carbonyl (C=O) groups is 1. The molecule has 6 fully saturated rings. The number of ether oxygens (including phenoxy) is 1. The van der Waals surface area contributed by atoms with Crippen LogP contribution in [0.3, 0.4) is 0 Å². The zero-order valence-corrected chi connectivity index (χ0v) is 22.9. The van der Waals surface area contributed by atoms with Crippen LogP contribution in [-0.4, -0.2) is 65.0 Å². The van der Waals surface area contributed by atoms with E-state index in [4.69, 9.17) is 4.74 Å². The molecular formula is C34H39N3O2. The number of nitrogens with zero attached hydrogens (tertiary/aromatic N) is 3. The Kier molecular flexibility index (Phi) is 6.65. The van der Waals surface area contributed by atoms with Crippen LogP contribution >= 0.6 is 0 Å². The van der Waals surface area contributed by atoms with E-state index in [-0.39, 0.29) is 11.9 Å². The molecular weight excluding hydrogens is 482 g/mol. The number of carbonyl (C=O) groups excluding carboxylic acids is 1. The molecule has 0 aromatic heterocycles. The maximum Gasteiger partial charge on any atom is 0.253 e. The quantitative estimate of drug-likeness (QED) is 0.388. The summed E-state index contributed by atoms with van der Waals surface area (Å²) in [4.78, 5) is 20.8. The van der Waals surface area contributed by atoms with Crippen LogP contribution in [0.15, 0.2) is 78.9 Å². The lowest BCUT2D eigenvalue weighted by atomic mass is 9.69. The highest BCUT2D eigenvalue weighted by molar-refractivity contribution is 5.94. The molecule has 0 aliphatic carbocycles. The highest BCUT2D eigenvalue weighted by atomic mass is 16.5. The van der Waals surface area contributed by atoms with Gasteiger partial charge in [0.1, 0.15) is 5.75 Å². The van der Waals surface area contributed by atoms with Gasteiger partial charge in [0.2, 0.25) is 0 Å². The number of amides is 1. The van der Waals surface area contributed by atoms with E-state index in [1.807, 2.05) is 11.0 Å². The first kappa shape index (κ1) is 24.9. The van der Waals surface area contributed by atoms with E-state index < -0.39 is 0 Å². The molecule has 3 aromatic carbocycles. The Bertz CT molecular complexity index is 1280. The first-order valence-corrected chi connectivity index (χ1v) is 14.8. The Labute approximate surface area is 232 Å². The second-order valence-corrected chi connectivity index (χ2v) is 11.8. The number of methoxy groups -OCH3 is 1. The summed E-state index contributed by atoms with van der Waals surface area (Å²) in [6.07, 6.45) is 7.30. The summed E-state index contributed by atoms with van der Waals surface area (Å²) in [7, 11) is 1.75. The molecule has 6 saturated heterocycles. The smallest absolute Gasteiger partial charge is 0.253 e. The lowest BCUT2D eigenvalue weighted by molar-refractivity contribution is -0.159. The molecule has 6 aliphatic heterocycles. The Morgan fingerprint density at radius 2 is 1.46 bits per heavy atom. The molecule has 202 valence electrons. The first-order valence-electron chi connectivity index (χ1n) is 14.8. The number of likely N-dealkylation sites (tertiary alicyclic amines) is 1. The highest BCUT2D eigenvalue weighted by Gasteiger charge is 2.56. The van der Waals surface area contributed by atoms with Gasteiger partial charge in [0.15, 0.2) is 0 Å². The van der Waals surface area contributed by atoms with Crippen LogP contribution in [0.1, 0.15) is 71.6 Å². The van der Waals surface area contributed by atoms with Gasteiger partial charge < -0.3 is 9.64 Å². The number of hydrogen-bond acceptors (Lipinski definition) is 4. The predicted octanol–water partition coefficient (Wildman–Crippen LogP) is 5.90. The molecule has 0 radical (unpaired) electrons. The molecule has 0 spiro atoms. The molecule has 5 heteroatoms. The van der Waals surface area contributed by atoms with Crippen molar-refractivity contribution in [1.29, 1.82) is 0 Å². The molecule has 9 rings (SSSR count). The van der Waals surface area contributed by atoms with E-state index in [0.717, 1.165) is 43.8 Å². The fourth-order valence-corrected chi connectivity index (χ4v) is 8.08. The minimum absolute atomic E-state index is 0.149. The van der Waals surface area contributed by atoms with E-state index in [1.165, 1.54) is 42.4 Å². The minimum atomic E-state index is 0.149. The van der Waals surface area contributed by atoms with Crippen molar-refractivity contribution in [3.05, 3.63) is 101 Å². The summed E-state index contributed by atoms with van der Waals surface area (Å²) in [5, 5.41) is 0. The molecule has 6 aliphatic rings. The summed E-state index contributed by atoms with van der Waals surface area (Å²) in [6.45, 7) is 2.81. The van der Waals surface area contributed by atoms with E-state index >= 15 is 0 Å². The van der Waals surface area contributed by atoms with Crippen LogP contribution in [0.2, 0.25) is 0 Å². The first-order chi connectivity index (χ1) is 19.2. The molecule has 6 heterocycles. The third kappa shape index (κ3) is 4.46. The average molecular weight is 522 g/mol. The van der Waals surface area contributed by atoms with Crippen molar-refractivity contribution >= 4 is 5.91 Å².